The van der Waals surface area contributed by atoms with Crippen LogP contribution in [0.5, 0.6) is 5.75 Å². The Morgan fingerprint density at radius 1 is 1.08 bits per heavy atom. The summed E-state index contributed by atoms with van der Waals surface area (Å²) in [6.45, 7) is 0.979. The van der Waals surface area contributed by atoms with Crippen molar-refractivity contribution < 1.29 is 14.4 Å². The highest BCUT2D eigenvalue weighted by molar-refractivity contribution is 5.55. The van der Waals surface area contributed by atoms with E-state index in [-0.39, 0.29) is 6.61 Å². The lowest BCUT2D eigenvalue weighted by molar-refractivity contribution is 0.298. The number of methoxy groups -OCH3 is 1. The first-order valence-electron chi connectivity index (χ1n) is 7.68. The summed E-state index contributed by atoms with van der Waals surface area (Å²) in [7, 11) is 1.63. The van der Waals surface area contributed by atoms with Gasteiger partial charge in [0.2, 0.25) is 11.7 Å². The molecule has 0 radical (unpaired) electrons. The number of aliphatic hydroxyl groups excluding tert-OH is 1. The molecule has 3 aromatic rings. The summed E-state index contributed by atoms with van der Waals surface area (Å²) in [5.41, 5.74) is 1.86. The van der Waals surface area contributed by atoms with Crippen LogP contribution in [0.2, 0.25) is 0 Å². The zero-order chi connectivity index (χ0) is 16.8. The van der Waals surface area contributed by atoms with Crippen LogP contribution >= 0.6 is 0 Å². The van der Waals surface area contributed by atoms with E-state index >= 15 is 0 Å². The molecule has 2 aromatic carbocycles. The molecule has 0 bridgehead atoms. The van der Waals surface area contributed by atoms with E-state index < -0.39 is 0 Å². The summed E-state index contributed by atoms with van der Waals surface area (Å²) in [6.07, 6.45) is 0. The molecular weight excluding hydrogens is 306 g/mol. The van der Waals surface area contributed by atoms with Crippen LogP contribution in [0.4, 0.5) is 5.69 Å². The maximum atomic E-state index is 9.29. The number of rotatable bonds is 7. The lowest BCUT2D eigenvalue weighted by atomic mass is 10.2. The Hall–Kier alpha value is -2.86. The maximum Gasteiger partial charge on any atom is 0.246 e. The number of aliphatic hydroxyl groups is 1. The van der Waals surface area contributed by atoms with E-state index in [1.165, 1.54) is 0 Å². The molecule has 0 spiro atoms. The molecule has 0 atom stereocenters. The molecule has 0 saturated carbocycles. The van der Waals surface area contributed by atoms with Gasteiger partial charge in [-0.15, -0.1) is 0 Å². The average Bonchev–Trinajstić information content (AvgIpc) is 3.11. The Balaban J connectivity index is 1.76. The highest BCUT2D eigenvalue weighted by Crippen LogP contribution is 2.21. The fourth-order valence-corrected chi connectivity index (χ4v) is 2.40. The number of benzene rings is 2. The molecule has 24 heavy (non-hydrogen) atoms. The van der Waals surface area contributed by atoms with Gasteiger partial charge in [-0.25, -0.2) is 0 Å². The summed E-state index contributed by atoms with van der Waals surface area (Å²) in [5.74, 6) is 1.81. The molecule has 1 aromatic heterocycles. The number of anilines is 1. The quantitative estimate of drug-likeness (QED) is 0.720. The van der Waals surface area contributed by atoms with Gasteiger partial charge in [0, 0.05) is 17.8 Å². The Labute approximate surface area is 140 Å². The van der Waals surface area contributed by atoms with E-state index in [1.807, 2.05) is 59.5 Å². The van der Waals surface area contributed by atoms with Crippen molar-refractivity contribution >= 4 is 5.69 Å². The van der Waals surface area contributed by atoms with Crippen molar-refractivity contribution in [3.05, 3.63) is 60.5 Å². The molecule has 0 aliphatic rings. The predicted molar refractivity (Wildman–Crippen MR) is 90.9 cm³/mol. The monoisotopic (exact) mass is 325 g/mol. The van der Waals surface area contributed by atoms with E-state index in [4.69, 9.17) is 9.26 Å². The molecule has 124 valence electrons. The molecule has 6 nitrogen and oxygen atoms in total. The van der Waals surface area contributed by atoms with Gasteiger partial charge in [-0.2, -0.15) is 4.98 Å². The number of aromatic nitrogens is 2. The number of hydrogen-bond donors (Lipinski definition) is 1. The van der Waals surface area contributed by atoms with Gasteiger partial charge in [-0.05, 0) is 36.4 Å². The van der Waals surface area contributed by atoms with Crippen LogP contribution < -0.4 is 9.64 Å². The first kappa shape index (κ1) is 16.0. The molecule has 3 rings (SSSR count). The Morgan fingerprint density at radius 2 is 1.83 bits per heavy atom. The molecule has 0 aliphatic carbocycles. The third-order valence-corrected chi connectivity index (χ3v) is 3.63. The minimum atomic E-state index is 0.0500. The molecule has 6 heteroatoms. The summed E-state index contributed by atoms with van der Waals surface area (Å²) >= 11 is 0. The molecular formula is C18H19N3O3. The maximum absolute atomic E-state index is 9.29. The fraction of sp³-hybridized carbons (Fsp3) is 0.222. The van der Waals surface area contributed by atoms with Gasteiger partial charge >= 0.3 is 0 Å². The number of para-hydroxylation sites is 1. The minimum Gasteiger partial charge on any atom is -0.497 e. The van der Waals surface area contributed by atoms with Crippen molar-refractivity contribution in [3.63, 3.8) is 0 Å². The Morgan fingerprint density at radius 3 is 2.50 bits per heavy atom. The highest BCUT2D eigenvalue weighted by atomic mass is 16.5. The van der Waals surface area contributed by atoms with Gasteiger partial charge < -0.3 is 19.3 Å². The van der Waals surface area contributed by atoms with Crippen molar-refractivity contribution in [1.82, 2.24) is 10.1 Å². The van der Waals surface area contributed by atoms with Crippen LogP contribution in [-0.2, 0) is 6.54 Å². The van der Waals surface area contributed by atoms with Crippen LogP contribution in [0, 0.1) is 0 Å². The van der Waals surface area contributed by atoms with Crippen molar-refractivity contribution in [2.45, 2.75) is 6.54 Å². The summed E-state index contributed by atoms with van der Waals surface area (Å²) < 4.78 is 10.5. The smallest absolute Gasteiger partial charge is 0.246 e. The highest BCUT2D eigenvalue weighted by Gasteiger charge is 2.13. The van der Waals surface area contributed by atoms with Gasteiger partial charge in [-0.3, -0.25) is 0 Å². The number of nitrogens with zero attached hydrogens (tertiary/aromatic N) is 3. The molecule has 0 aliphatic heterocycles. The minimum absolute atomic E-state index is 0.0500. The first-order chi connectivity index (χ1) is 11.8. The molecule has 0 amide bonds. The van der Waals surface area contributed by atoms with Crippen LogP contribution in [0.15, 0.2) is 59.1 Å². The summed E-state index contributed by atoms with van der Waals surface area (Å²) in [6, 6.07) is 17.3. The molecule has 0 fully saturated rings. The first-order valence-corrected chi connectivity index (χ1v) is 7.68. The normalized spacial score (nSPS) is 10.6. The van der Waals surface area contributed by atoms with E-state index in [0.717, 1.165) is 17.0 Å². The summed E-state index contributed by atoms with van der Waals surface area (Å²) in [5, 5.41) is 13.3. The van der Waals surface area contributed by atoms with Crippen molar-refractivity contribution in [2.75, 3.05) is 25.2 Å². The van der Waals surface area contributed by atoms with Gasteiger partial charge in [0.1, 0.15) is 5.75 Å². The number of ether oxygens (including phenoxy) is 1. The standard InChI is InChI=1S/C18H19N3O3/c1-23-16-9-7-14(8-10-16)18-19-17(24-20-18)13-21(11-12-22)15-5-3-2-4-6-15/h2-10,22H,11-13H2,1H3. The van der Waals surface area contributed by atoms with Gasteiger partial charge in [0.05, 0.1) is 20.3 Å². The SMILES string of the molecule is COc1ccc(-c2noc(CN(CCO)c3ccccc3)n2)cc1. The fourth-order valence-electron chi connectivity index (χ4n) is 2.40. The second kappa shape index (κ2) is 7.61. The van der Waals surface area contributed by atoms with Crippen molar-refractivity contribution in [2.24, 2.45) is 0 Å². The Kier molecular flexibility index (Phi) is 5.08. The molecule has 0 unspecified atom stereocenters. The van der Waals surface area contributed by atoms with E-state index in [0.29, 0.717) is 24.8 Å². The third-order valence-electron chi connectivity index (χ3n) is 3.63. The van der Waals surface area contributed by atoms with Gasteiger partial charge in [-0.1, -0.05) is 23.4 Å². The zero-order valence-corrected chi connectivity index (χ0v) is 13.4. The van der Waals surface area contributed by atoms with E-state index in [2.05, 4.69) is 10.1 Å². The molecule has 0 saturated heterocycles. The topological polar surface area (TPSA) is 71.6 Å². The van der Waals surface area contributed by atoms with Gasteiger partial charge in [0.25, 0.3) is 0 Å². The summed E-state index contributed by atoms with van der Waals surface area (Å²) in [4.78, 5) is 6.43. The third kappa shape index (κ3) is 3.72. The largest absolute Gasteiger partial charge is 0.497 e. The number of hydrogen-bond acceptors (Lipinski definition) is 6. The van der Waals surface area contributed by atoms with Crippen LogP contribution in [-0.4, -0.2) is 35.5 Å². The second-order valence-corrected chi connectivity index (χ2v) is 5.22. The second-order valence-electron chi connectivity index (χ2n) is 5.22. The van der Waals surface area contributed by atoms with Crippen LogP contribution in [0.25, 0.3) is 11.4 Å². The van der Waals surface area contributed by atoms with Crippen molar-refractivity contribution in [3.8, 4) is 17.1 Å². The van der Waals surface area contributed by atoms with Gasteiger partial charge in [0.15, 0.2) is 0 Å². The lowest BCUT2D eigenvalue weighted by Crippen LogP contribution is -2.26. The van der Waals surface area contributed by atoms with Crippen LogP contribution in [0.3, 0.4) is 0 Å². The Bertz CT molecular complexity index is 757. The average molecular weight is 325 g/mol. The van der Waals surface area contributed by atoms with Crippen LogP contribution in [0.1, 0.15) is 5.89 Å². The van der Waals surface area contributed by atoms with E-state index in [1.54, 1.807) is 7.11 Å². The zero-order valence-electron chi connectivity index (χ0n) is 13.4. The lowest BCUT2D eigenvalue weighted by Gasteiger charge is -2.21. The molecule has 1 N–H and O–H groups in total. The van der Waals surface area contributed by atoms with Crippen molar-refractivity contribution in [1.29, 1.82) is 0 Å². The molecule has 1 heterocycles. The van der Waals surface area contributed by atoms with E-state index in [9.17, 15) is 5.11 Å². The predicted octanol–water partition coefficient (Wildman–Crippen LogP) is 2.74.